The van der Waals surface area contributed by atoms with Crippen molar-refractivity contribution in [2.45, 2.75) is 62.8 Å². The number of halogens is 1. The minimum Gasteiger partial charge on any atom is -0.322 e. The quantitative estimate of drug-likeness (QED) is 0.671. The lowest BCUT2D eigenvalue weighted by atomic mass is 10.1. The summed E-state index contributed by atoms with van der Waals surface area (Å²) < 4.78 is 42.5. The summed E-state index contributed by atoms with van der Waals surface area (Å²) in [5.74, 6) is -1.35. The Balaban J connectivity index is 1.77. The van der Waals surface area contributed by atoms with Crippen molar-refractivity contribution < 1.29 is 17.6 Å². The van der Waals surface area contributed by atoms with Gasteiger partial charge in [0.15, 0.2) is 0 Å². The SMILES string of the molecule is CCc1ccc(NC(=O)c2ccc(F)c(S(=O)(=O)NC3CCCCCC3)c2)cc1. The van der Waals surface area contributed by atoms with Crippen molar-refractivity contribution in [3.8, 4) is 0 Å². The Morgan fingerprint density at radius 2 is 1.69 bits per heavy atom. The topological polar surface area (TPSA) is 75.3 Å². The normalized spacial score (nSPS) is 15.7. The molecular formula is C22H27FN2O3S. The summed E-state index contributed by atoms with van der Waals surface area (Å²) in [5.41, 5.74) is 1.83. The number of anilines is 1. The van der Waals surface area contributed by atoms with Gasteiger partial charge in [0.1, 0.15) is 10.7 Å². The molecule has 2 aromatic rings. The largest absolute Gasteiger partial charge is 0.322 e. The van der Waals surface area contributed by atoms with Crippen LogP contribution in [-0.2, 0) is 16.4 Å². The molecule has 1 aliphatic rings. The third-order valence-corrected chi connectivity index (χ3v) is 6.82. The van der Waals surface area contributed by atoms with Gasteiger partial charge in [-0.15, -0.1) is 0 Å². The fraction of sp³-hybridized carbons (Fsp3) is 0.409. The number of amides is 1. The third-order valence-electron chi connectivity index (χ3n) is 5.28. The molecule has 0 radical (unpaired) electrons. The molecule has 2 N–H and O–H groups in total. The van der Waals surface area contributed by atoms with Crippen LogP contribution in [0.2, 0.25) is 0 Å². The number of benzene rings is 2. The molecule has 156 valence electrons. The van der Waals surface area contributed by atoms with Crippen LogP contribution in [0.4, 0.5) is 10.1 Å². The van der Waals surface area contributed by atoms with E-state index in [0.717, 1.165) is 62.6 Å². The summed E-state index contributed by atoms with van der Waals surface area (Å²) in [6, 6.07) is 10.6. The fourth-order valence-electron chi connectivity index (χ4n) is 3.56. The van der Waals surface area contributed by atoms with E-state index in [1.54, 1.807) is 12.1 Å². The first-order chi connectivity index (χ1) is 13.9. The van der Waals surface area contributed by atoms with Crippen LogP contribution in [0.5, 0.6) is 0 Å². The van der Waals surface area contributed by atoms with Crippen LogP contribution >= 0.6 is 0 Å². The van der Waals surface area contributed by atoms with E-state index in [2.05, 4.69) is 10.0 Å². The average Bonchev–Trinajstić information content (AvgIpc) is 2.97. The summed E-state index contributed by atoms with van der Waals surface area (Å²) in [6.45, 7) is 2.04. The Morgan fingerprint density at radius 3 is 2.31 bits per heavy atom. The lowest BCUT2D eigenvalue weighted by molar-refractivity contribution is 0.102. The van der Waals surface area contributed by atoms with Crippen molar-refractivity contribution in [3.05, 3.63) is 59.4 Å². The van der Waals surface area contributed by atoms with E-state index in [1.807, 2.05) is 19.1 Å². The smallest absolute Gasteiger partial charge is 0.255 e. The zero-order valence-electron chi connectivity index (χ0n) is 16.6. The highest BCUT2D eigenvalue weighted by Crippen LogP contribution is 2.22. The first-order valence-corrected chi connectivity index (χ1v) is 11.6. The zero-order valence-corrected chi connectivity index (χ0v) is 17.4. The summed E-state index contributed by atoms with van der Waals surface area (Å²) >= 11 is 0. The minimum absolute atomic E-state index is 0.0900. The monoisotopic (exact) mass is 418 g/mol. The van der Waals surface area contributed by atoms with Gasteiger partial charge in [-0.1, -0.05) is 44.7 Å². The summed E-state index contributed by atoms with van der Waals surface area (Å²) in [6.07, 6.45) is 6.46. The molecule has 0 aliphatic heterocycles. The number of sulfonamides is 1. The molecule has 1 saturated carbocycles. The Hall–Kier alpha value is -2.25. The molecule has 29 heavy (non-hydrogen) atoms. The second-order valence-electron chi connectivity index (χ2n) is 7.46. The molecule has 0 bridgehead atoms. The molecular weight excluding hydrogens is 391 g/mol. The highest BCUT2D eigenvalue weighted by molar-refractivity contribution is 7.89. The first kappa shape index (κ1) is 21.5. The van der Waals surface area contributed by atoms with Gasteiger partial charge in [0.2, 0.25) is 10.0 Å². The van der Waals surface area contributed by atoms with E-state index < -0.39 is 26.6 Å². The molecule has 3 rings (SSSR count). The van der Waals surface area contributed by atoms with Gasteiger partial charge in [0, 0.05) is 17.3 Å². The van der Waals surface area contributed by atoms with E-state index in [9.17, 15) is 17.6 Å². The van der Waals surface area contributed by atoms with E-state index >= 15 is 0 Å². The highest BCUT2D eigenvalue weighted by Gasteiger charge is 2.25. The highest BCUT2D eigenvalue weighted by atomic mass is 32.2. The number of carbonyl (C=O) groups is 1. The van der Waals surface area contributed by atoms with Gasteiger partial charge in [-0.3, -0.25) is 4.79 Å². The predicted octanol–water partition coefficient (Wildman–Crippen LogP) is 4.64. The average molecular weight is 419 g/mol. The van der Waals surface area contributed by atoms with Crippen molar-refractivity contribution in [2.75, 3.05) is 5.32 Å². The van der Waals surface area contributed by atoms with Gasteiger partial charge in [-0.05, 0) is 55.2 Å². The molecule has 5 nitrogen and oxygen atoms in total. The van der Waals surface area contributed by atoms with Gasteiger partial charge >= 0.3 is 0 Å². The molecule has 1 fully saturated rings. The molecule has 0 spiro atoms. The molecule has 7 heteroatoms. The molecule has 0 unspecified atom stereocenters. The van der Waals surface area contributed by atoms with Crippen LogP contribution in [-0.4, -0.2) is 20.4 Å². The number of hydrogen-bond acceptors (Lipinski definition) is 3. The Labute approximate surface area is 171 Å². The molecule has 1 aliphatic carbocycles. The van der Waals surface area contributed by atoms with Gasteiger partial charge in [0.05, 0.1) is 0 Å². The fourth-order valence-corrected chi connectivity index (χ4v) is 4.97. The van der Waals surface area contributed by atoms with E-state index in [-0.39, 0.29) is 11.6 Å². The summed E-state index contributed by atoms with van der Waals surface area (Å²) in [4.78, 5) is 12.1. The number of aryl methyl sites for hydroxylation is 1. The number of hydrogen-bond donors (Lipinski definition) is 2. The molecule has 0 heterocycles. The number of nitrogens with one attached hydrogen (secondary N) is 2. The Morgan fingerprint density at radius 1 is 1.03 bits per heavy atom. The lowest BCUT2D eigenvalue weighted by Crippen LogP contribution is -2.35. The maximum absolute atomic E-state index is 14.3. The molecule has 0 atom stereocenters. The number of rotatable bonds is 6. The van der Waals surface area contributed by atoms with Crippen molar-refractivity contribution in [3.63, 3.8) is 0 Å². The second kappa shape index (κ2) is 9.50. The standard InChI is InChI=1S/C22H27FN2O3S/c1-2-16-9-12-18(13-10-16)24-22(26)17-11-14-20(23)21(15-17)29(27,28)25-19-7-5-3-4-6-8-19/h9-15,19,25H,2-8H2,1H3,(H,24,26). The zero-order chi connectivity index (χ0) is 20.9. The molecule has 1 amide bonds. The van der Waals surface area contributed by atoms with Crippen LogP contribution in [0, 0.1) is 5.82 Å². The van der Waals surface area contributed by atoms with Gasteiger partial charge in [0.25, 0.3) is 5.91 Å². The summed E-state index contributed by atoms with van der Waals surface area (Å²) in [7, 11) is -4.05. The Kier molecular flexibility index (Phi) is 7.03. The Bertz CT molecular complexity index is 951. The van der Waals surface area contributed by atoms with Crippen LogP contribution in [0.25, 0.3) is 0 Å². The minimum atomic E-state index is -4.05. The number of carbonyl (C=O) groups excluding carboxylic acids is 1. The lowest BCUT2D eigenvalue weighted by Gasteiger charge is -2.17. The van der Waals surface area contributed by atoms with Crippen molar-refractivity contribution >= 4 is 21.6 Å². The van der Waals surface area contributed by atoms with Crippen molar-refractivity contribution in [1.82, 2.24) is 4.72 Å². The first-order valence-electron chi connectivity index (χ1n) is 10.1. The van der Waals surface area contributed by atoms with Crippen LogP contribution in [0.3, 0.4) is 0 Å². The van der Waals surface area contributed by atoms with Crippen LogP contribution < -0.4 is 10.0 Å². The van der Waals surface area contributed by atoms with Crippen molar-refractivity contribution in [2.24, 2.45) is 0 Å². The molecule has 0 aromatic heterocycles. The maximum atomic E-state index is 14.3. The second-order valence-corrected chi connectivity index (χ2v) is 9.14. The van der Waals surface area contributed by atoms with Crippen LogP contribution in [0.1, 0.15) is 61.4 Å². The summed E-state index contributed by atoms with van der Waals surface area (Å²) in [5, 5.41) is 2.72. The van der Waals surface area contributed by atoms with E-state index in [4.69, 9.17) is 0 Å². The van der Waals surface area contributed by atoms with Crippen LogP contribution in [0.15, 0.2) is 47.4 Å². The predicted molar refractivity (Wildman–Crippen MR) is 112 cm³/mol. The third kappa shape index (κ3) is 5.64. The van der Waals surface area contributed by atoms with E-state index in [1.165, 1.54) is 6.07 Å². The van der Waals surface area contributed by atoms with E-state index in [0.29, 0.717) is 5.69 Å². The maximum Gasteiger partial charge on any atom is 0.255 e. The van der Waals surface area contributed by atoms with Gasteiger partial charge in [-0.25, -0.2) is 17.5 Å². The molecule has 2 aromatic carbocycles. The molecule has 0 saturated heterocycles. The van der Waals surface area contributed by atoms with Gasteiger partial charge in [-0.2, -0.15) is 0 Å². The van der Waals surface area contributed by atoms with Crippen molar-refractivity contribution in [1.29, 1.82) is 0 Å². The van der Waals surface area contributed by atoms with Gasteiger partial charge < -0.3 is 5.32 Å².